The summed E-state index contributed by atoms with van der Waals surface area (Å²) in [6, 6.07) is 0. The van der Waals surface area contributed by atoms with E-state index >= 15 is 0 Å². The van der Waals surface area contributed by atoms with Crippen molar-refractivity contribution in [2.24, 2.45) is 5.73 Å². The van der Waals surface area contributed by atoms with Gasteiger partial charge in [0.15, 0.2) is 0 Å². The van der Waals surface area contributed by atoms with E-state index < -0.39 is 7.82 Å². The number of hydrogen-bond acceptors (Lipinski definition) is 7. The number of allylic oxidation sites excluding steroid dienone is 2. The van der Waals surface area contributed by atoms with Gasteiger partial charge in [-0.25, -0.2) is 4.57 Å². The predicted octanol–water partition coefficient (Wildman–Crippen LogP) is 5.95. The highest BCUT2D eigenvalue weighted by atomic mass is 31.2. The molecule has 0 aliphatic carbocycles. The summed E-state index contributed by atoms with van der Waals surface area (Å²) in [5.41, 5.74) is 5.32. The highest BCUT2D eigenvalue weighted by Gasteiger charge is 2.20. The third-order valence-electron chi connectivity index (χ3n) is 5.74. The number of unbranched alkanes of at least 4 members (excludes halogenated alkanes) is 11. The second-order valence-corrected chi connectivity index (χ2v) is 10.7. The van der Waals surface area contributed by atoms with Crippen molar-refractivity contribution in [2.75, 3.05) is 32.9 Å². The SMILES string of the molecule is CCCCCCCC/C=C\CCCCCCCC(=O)OCCCO[P@](=O)(O)OCCNC(=O)CCCN. The van der Waals surface area contributed by atoms with Gasteiger partial charge in [0.1, 0.15) is 0 Å². The maximum absolute atomic E-state index is 11.8. The van der Waals surface area contributed by atoms with E-state index in [-0.39, 0.29) is 38.2 Å². The number of ether oxygens (including phenoxy) is 1. The Morgan fingerprint density at radius 3 is 2.03 bits per heavy atom. The van der Waals surface area contributed by atoms with Crippen molar-refractivity contribution < 1.29 is 32.8 Å². The lowest BCUT2D eigenvalue weighted by Crippen LogP contribution is -2.27. The maximum atomic E-state index is 11.8. The summed E-state index contributed by atoms with van der Waals surface area (Å²) in [5, 5.41) is 2.56. The lowest BCUT2D eigenvalue weighted by Gasteiger charge is -2.12. The second-order valence-electron chi connectivity index (χ2n) is 9.29. The monoisotopic (exact) mass is 548 g/mol. The standard InChI is InChI=1S/C27H53N2O7P/c1-2-3-4-5-6-7-8-9-10-11-12-13-14-15-16-20-27(31)34-23-18-24-35-37(32,33)36-25-22-29-26(30)19-17-21-28/h9-10H,2-8,11-25,28H2,1H3,(H,29,30)(H,32,33)/b10-9-. The van der Waals surface area contributed by atoms with Gasteiger partial charge < -0.3 is 20.7 Å². The molecule has 0 bridgehead atoms. The Bertz CT molecular complexity index is 632. The van der Waals surface area contributed by atoms with Crippen molar-refractivity contribution >= 4 is 19.7 Å². The molecule has 0 rings (SSSR count). The molecular formula is C27H53N2O7P. The van der Waals surface area contributed by atoms with Crippen LogP contribution >= 0.6 is 7.82 Å². The van der Waals surface area contributed by atoms with Gasteiger partial charge in [-0.1, -0.05) is 70.4 Å². The number of phosphoric acid groups is 1. The minimum absolute atomic E-state index is 0.0721. The molecule has 0 saturated heterocycles. The van der Waals surface area contributed by atoms with Crippen LogP contribution in [0.3, 0.4) is 0 Å². The molecule has 0 aliphatic heterocycles. The molecule has 1 atom stereocenters. The molecule has 218 valence electrons. The van der Waals surface area contributed by atoms with Gasteiger partial charge in [-0.05, 0) is 45.1 Å². The Labute approximate surface area is 224 Å². The van der Waals surface area contributed by atoms with Crippen molar-refractivity contribution in [3.63, 3.8) is 0 Å². The lowest BCUT2D eigenvalue weighted by atomic mass is 10.1. The summed E-state index contributed by atoms with van der Waals surface area (Å²) in [6.45, 7) is 2.68. The fourth-order valence-corrected chi connectivity index (χ4v) is 4.33. The van der Waals surface area contributed by atoms with Crippen LogP contribution in [0.4, 0.5) is 0 Å². The van der Waals surface area contributed by atoms with E-state index in [1.165, 1.54) is 57.8 Å². The van der Waals surface area contributed by atoms with Gasteiger partial charge >= 0.3 is 13.8 Å². The van der Waals surface area contributed by atoms with E-state index in [0.717, 1.165) is 25.7 Å². The van der Waals surface area contributed by atoms with Gasteiger partial charge in [-0.3, -0.25) is 18.6 Å². The molecule has 1 amide bonds. The van der Waals surface area contributed by atoms with Gasteiger partial charge in [-0.15, -0.1) is 0 Å². The van der Waals surface area contributed by atoms with Gasteiger partial charge in [0, 0.05) is 25.8 Å². The van der Waals surface area contributed by atoms with Gasteiger partial charge in [0.25, 0.3) is 0 Å². The molecule has 37 heavy (non-hydrogen) atoms. The third-order valence-corrected chi connectivity index (χ3v) is 6.75. The van der Waals surface area contributed by atoms with Crippen LogP contribution < -0.4 is 11.1 Å². The van der Waals surface area contributed by atoms with Gasteiger partial charge in [0.2, 0.25) is 5.91 Å². The molecule has 0 aromatic carbocycles. The maximum Gasteiger partial charge on any atom is 0.472 e. The Kier molecular flexibility index (Phi) is 25.5. The third kappa shape index (κ3) is 27.6. The van der Waals surface area contributed by atoms with Crippen molar-refractivity contribution in [3.8, 4) is 0 Å². The van der Waals surface area contributed by atoms with E-state index in [1.807, 2.05) is 0 Å². The molecule has 0 aliphatic rings. The summed E-state index contributed by atoms with van der Waals surface area (Å²) >= 11 is 0. The molecule has 0 aromatic rings. The molecule has 4 N–H and O–H groups in total. The summed E-state index contributed by atoms with van der Waals surface area (Å²) in [5.74, 6) is -0.447. The van der Waals surface area contributed by atoms with Gasteiger partial charge in [-0.2, -0.15) is 0 Å². The van der Waals surface area contributed by atoms with Crippen LogP contribution in [0.5, 0.6) is 0 Å². The van der Waals surface area contributed by atoms with Crippen LogP contribution in [0.2, 0.25) is 0 Å². The van der Waals surface area contributed by atoms with E-state index in [9.17, 15) is 19.0 Å². The van der Waals surface area contributed by atoms with Crippen molar-refractivity contribution in [2.45, 2.75) is 116 Å². The van der Waals surface area contributed by atoms with E-state index in [1.54, 1.807) is 0 Å². The fourth-order valence-electron chi connectivity index (χ4n) is 3.58. The Morgan fingerprint density at radius 2 is 1.38 bits per heavy atom. The quantitative estimate of drug-likeness (QED) is 0.0496. The first kappa shape index (κ1) is 35.8. The molecule has 0 radical (unpaired) electrons. The zero-order chi connectivity index (χ0) is 27.5. The Hall–Kier alpha value is -1.25. The smallest absolute Gasteiger partial charge is 0.466 e. The van der Waals surface area contributed by atoms with Crippen LogP contribution in [0.1, 0.15) is 116 Å². The molecular weight excluding hydrogens is 495 g/mol. The summed E-state index contributed by atoms with van der Waals surface area (Å²) in [6.07, 6.45) is 21.9. The zero-order valence-corrected chi connectivity index (χ0v) is 24.0. The number of carbonyl (C=O) groups excluding carboxylic acids is 2. The first-order chi connectivity index (χ1) is 17.9. The number of hydrogen-bond donors (Lipinski definition) is 3. The summed E-state index contributed by atoms with van der Waals surface area (Å²) < 4.78 is 26.5. The first-order valence-corrected chi connectivity index (χ1v) is 15.8. The van der Waals surface area contributed by atoms with E-state index in [2.05, 4.69) is 24.4 Å². The average molecular weight is 549 g/mol. The highest BCUT2D eigenvalue weighted by molar-refractivity contribution is 7.47. The number of rotatable bonds is 27. The number of carbonyl (C=O) groups is 2. The normalized spacial score (nSPS) is 13.1. The van der Waals surface area contributed by atoms with Crippen molar-refractivity contribution in [1.29, 1.82) is 0 Å². The molecule has 0 heterocycles. The molecule has 9 nitrogen and oxygen atoms in total. The van der Waals surface area contributed by atoms with Crippen LogP contribution in [0, 0.1) is 0 Å². The van der Waals surface area contributed by atoms with Crippen molar-refractivity contribution in [1.82, 2.24) is 5.32 Å². The van der Waals surface area contributed by atoms with Crippen LogP contribution in [-0.4, -0.2) is 49.7 Å². The van der Waals surface area contributed by atoms with Crippen LogP contribution in [-0.2, 0) is 27.9 Å². The number of nitrogens with one attached hydrogen (secondary N) is 1. The Balaban J connectivity index is 3.48. The number of nitrogens with two attached hydrogens (primary N) is 1. The topological polar surface area (TPSA) is 137 Å². The number of amides is 1. The highest BCUT2D eigenvalue weighted by Crippen LogP contribution is 2.42. The zero-order valence-electron chi connectivity index (χ0n) is 23.1. The minimum atomic E-state index is -4.20. The largest absolute Gasteiger partial charge is 0.472 e. The van der Waals surface area contributed by atoms with Crippen LogP contribution in [0.15, 0.2) is 12.2 Å². The van der Waals surface area contributed by atoms with Crippen LogP contribution in [0.25, 0.3) is 0 Å². The lowest BCUT2D eigenvalue weighted by molar-refractivity contribution is -0.144. The molecule has 0 spiro atoms. The van der Waals surface area contributed by atoms with Crippen molar-refractivity contribution in [3.05, 3.63) is 12.2 Å². The van der Waals surface area contributed by atoms with E-state index in [0.29, 0.717) is 32.2 Å². The molecule has 10 heteroatoms. The molecule has 0 fully saturated rings. The number of esters is 1. The van der Waals surface area contributed by atoms with E-state index in [4.69, 9.17) is 19.5 Å². The molecule has 0 saturated carbocycles. The molecule has 0 unspecified atom stereocenters. The summed E-state index contributed by atoms with van der Waals surface area (Å²) in [4.78, 5) is 32.8. The molecule has 0 aromatic heterocycles. The number of phosphoric ester groups is 1. The second kappa shape index (κ2) is 26.4. The summed E-state index contributed by atoms with van der Waals surface area (Å²) in [7, 11) is -4.20. The minimum Gasteiger partial charge on any atom is -0.466 e. The predicted molar refractivity (Wildman–Crippen MR) is 148 cm³/mol. The first-order valence-electron chi connectivity index (χ1n) is 14.3. The fraction of sp³-hybridized carbons (Fsp3) is 0.852. The Morgan fingerprint density at radius 1 is 0.784 bits per heavy atom. The van der Waals surface area contributed by atoms with Gasteiger partial charge in [0.05, 0.1) is 19.8 Å². The average Bonchev–Trinajstić information content (AvgIpc) is 2.87.